The van der Waals surface area contributed by atoms with Crippen molar-refractivity contribution in [1.82, 2.24) is 0 Å². The summed E-state index contributed by atoms with van der Waals surface area (Å²) in [6.07, 6.45) is 36.5. The summed E-state index contributed by atoms with van der Waals surface area (Å²) >= 11 is 0. The van der Waals surface area contributed by atoms with Gasteiger partial charge in [0.05, 0.1) is 33.9 Å². The van der Waals surface area contributed by atoms with E-state index in [-0.39, 0.29) is 26.1 Å². The number of ether oxygens (including phenoxy) is 2. The van der Waals surface area contributed by atoms with Crippen molar-refractivity contribution in [3.8, 4) is 0 Å². The molecule has 0 spiro atoms. The summed E-state index contributed by atoms with van der Waals surface area (Å²) < 4.78 is 34.1. The topological polar surface area (TPSA) is 129 Å². The predicted molar refractivity (Wildman–Crippen MR) is 226 cm³/mol. The van der Waals surface area contributed by atoms with Crippen LogP contribution in [0.2, 0.25) is 0 Å². The number of phosphoric acid groups is 1. The number of aliphatic hydroxyl groups is 1. The summed E-state index contributed by atoms with van der Waals surface area (Å²) in [6.45, 7) is 4.19. The Bertz CT molecular complexity index is 1060. The Kier molecular flexibility index (Phi) is 35.3. The van der Waals surface area contributed by atoms with Crippen molar-refractivity contribution in [3.05, 3.63) is 36.5 Å². The van der Waals surface area contributed by atoms with E-state index in [1.54, 1.807) is 6.08 Å². The normalized spacial score (nSPS) is 14.5. The van der Waals surface area contributed by atoms with Gasteiger partial charge in [-0.05, 0) is 38.5 Å². The molecular weight excluding hydrogens is 717 g/mol. The van der Waals surface area contributed by atoms with E-state index in [2.05, 4.69) is 26.0 Å². The zero-order valence-electron chi connectivity index (χ0n) is 35.8. The Hall–Kier alpha value is -1.81. The lowest BCUT2D eigenvalue weighted by Gasteiger charge is -2.24. The molecule has 0 aliphatic carbocycles. The number of allylic oxidation sites excluding steroid dienone is 5. The van der Waals surface area contributed by atoms with Crippen molar-refractivity contribution in [1.29, 1.82) is 0 Å². The lowest BCUT2D eigenvalue weighted by Crippen LogP contribution is -2.37. The first-order chi connectivity index (χ1) is 26.4. The molecule has 0 bridgehead atoms. The Morgan fingerprint density at radius 1 is 0.655 bits per heavy atom. The van der Waals surface area contributed by atoms with E-state index in [0.717, 1.165) is 32.1 Å². The molecule has 0 saturated carbocycles. The summed E-state index contributed by atoms with van der Waals surface area (Å²) in [5.41, 5.74) is 0. The molecule has 2 unspecified atom stereocenters. The van der Waals surface area contributed by atoms with Gasteiger partial charge in [-0.2, -0.15) is 0 Å². The van der Waals surface area contributed by atoms with Crippen LogP contribution in [0.3, 0.4) is 0 Å². The second kappa shape index (κ2) is 36.5. The SMILES string of the molecule is CCCCCCCC/C=C/C/C=C/C=C/C(O)CCCC(=O)OC[C@H](COP(=O)(O)OCC[N+](C)(C)C)OC(=O)CCCCCCCCCCCCCCC. The molecule has 55 heavy (non-hydrogen) atoms. The van der Waals surface area contributed by atoms with Crippen LogP contribution in [-0.2, 0) is 32.7 Å². The highest BCUT2D eigenvalue weighted by Gasteiger charge is 2.27. The van der Waals surface area contributed by atoms with Gasteiger partial charge in [-0.25, -0.2) is 4.57 Å². The molecule has 0 saturated heterocycles. The standard InChI is InChI=1S/C44H82NO9P/c1-6-8-10-12-14-16-18-20-22-24-26-28-30-33-41(46)34-32-36-43(47)51-39-42(40-53-55(49,50)52-38-37-45(3,4)5)54-44(48)35-31-29-27-25-23-21-19-17-15-13-11-9-7-2/h20,22,26,28,30,33,41-42,46H,6-19,21,23-25,27,29,31-32,34-40H2,1-5H3/p+1/b22-20+,28-26+,33-30+/t41?,42-/m1/s1. The van der Waals surface area contributed by atoms with Gasteiger partial charge < -0.3 is 24.0 Å². The third-order valence-electron chi connectivity index (χ3n) is 9.28. The quantitative estimate of drug-likeness (QED) is 0.0156. The van der Waals surface area contributed by atoms with Crippen LogP contribution in [-0.4, -0.2) is 86.1 Å². The van der Waals surface area contributed by atoms with Crippen LogP contribution in [0.4, 0.5) is 0 Å². The zero-order valence-corrected chi connectivity index (χ0v) is 36.7. The number of carbonyl (C=O) groups is 2. The Morgan fingerprint density at radius 3 is 1.78 bits per heavy atom. The van der Waals surface area contributed by atoms with Gasteiger partial charge in [-0.15, -0.1) is 0 Å². The van der Waals surface area contributed by atoms with Gasteiger partial charge in [0, 0.05) is 12.8 Å². The molecule has 3 atom stereocenters. The van der Waals surface area contributed by atoms with Crippen LogP contribution in [0.5, 0.6) is 0 Å². The van der Waals surface area contributed by atoms with Gasteiger partial charge in [0.1, 0.15) is 19.8 Å². The molecule has 0 aliphatic heterocycles. The molecule has 0 fully saturated rings. The Morgan fingerprint density at radius 2 is 1.20 bits per heavy atom. The lowest BCUT2D eigenvalue weighted by atomic mass is 10.0. The highest BCUT2D eigenvalue weighted by Crippen LogP contribution is 2.43. The summed E-state index contributed by atoms with van der Waals surface area (Å²) in [5, 5.41) is 10.3. The van der Waals surface area contributed by atoms with E-state index in [0.29, 0.717) is 30.3 Å². The van der Waals surface area contributed by atoms with Crippen LogP contribution >= 0.6 is 7.82 Å². The van der Waals surface area contributed by atoms with E-state index in [1.165, 1.54) is 96.3 Å². The summed E-state index contributed by atoms with van der Waals surface area (Å²) in [6, 6.07) is 0. The molecule has 0 heterocycles. The maximum absolute atomic E-state index is 12.7. The molecule has 10 nitrogen and oxygen atoms in total. The molecule has 0 amide bonds. The van der Waals surface area contributed by atoms with Gasteiger partial charge >= 0.3 is 19.8 Å². The Labute approximate surface area is 336 Å². The van der Waals surface area contributed by atoms with Crippen molar-refractivity contribution >= 4 is 19.8 Å². The van der Waals surface area contributed by atoms with Crippen molar-refractivity contribution in [2.45, 2.75) is 187 Å². The molecule has 0 aromatic rings. The van der Waals surface area contributed by atoms with Gasteiger partial charge in [-0.3, -0.25) is 18.6 Å². The smallest absolute Gasteiger partial charge is 0.462 e. The number of carbonyl (C=O) groups excluding carboxylic acids is 2. The molecular formula is C44H83NO9P+. The molecule has 0 aliphatic rings. The first kappa shape index (κ1) is 53.2. The number of aliphatic hydroxyl groups excluding tert-OH is 1. The minimum absolute atomic E-state index is 0.00376. The second-order valence-electron chi connectivity index (χ2n) is 15.9. The van der Waals surface area contributed by atoms with Crippen LogP contribution < -0.4 is 0 Å². The summed E-state index contributed by atoms with van der Waals surface area (Å²) in [4.78, 5) is 35.3. The highest BCUT2D eigenvalue weighted by molar-refractivity contribution is 7.47. The van der Waals surface area contributed by atoms with E-state index in [4.69, 9.17) is 18.5 Å². The number of esters is 2. The number of nitrogens with zero attached hydrogens (tertiary/aromatic N) is 1. The van der Waals surface area contributed by atoms with Gasteiger partial charge in [0.25, 0.3) is 0 Å². The van der Waals surface area contributed by atoms with Crippen molar-refractivity contribution in [3.63, 3.8) is 0 Å². The molecule has 0 rings (SSSR count). The third kappa shape index (κ3) is 40.2. The monoisotopic (exact) mass is 801 g/mol. The molecule has 322 valence electrons. The molecule has 0 aromatic heterocycles. The van der Waals surface area contributed by atoms with E-state index in [9.17, 15) is 24.2 Å². The highest BCUT2D eigenvalue weighted by atomic mass is 31.2. The third-order valence-corrected chi connectivity index (χ3v) is 10.3. The van der Waals surface area contributed by atoms with Crippen molar-refractivity contribution < 1.29 is 47.2 Å². The predicted octanol–water partition coefficient (Wildman–Crippen LogP) is 11.1. The number of hydrogen-bond donors (Lipinski definition) is 2. The van der Waals surface area contributed by atoms with E-state index >= 15 is 0 Å². The number of likely N-dealkylation sites (N-methyl/N-ethyl adjacent to an activating group) is 1. The zero-order chi connectivity index (χ0) is 40.9. The number of hydrogen-bond acceptors (Lipinski definition) is 8. The number of rotatable bonds is 39. The summed E-state index contributed by atoms with van der Waals surface area (Å²) in [5.74, 6) is -0.993. The second-order valence-corrected chi connectivity index (χ2v) is 17.4. The van der Waals surface area contributed by atoms with E-state index in [1.807, 2.05) is 39.4 Å². The number of unbranched alkanes of at least 4 members (excludes halogenated alkanes) is 18. The number of phosphoric ester groups is 1. The first-order valence-electron chi connectivity index (χ1n) is 21.8. The summed E-state index contributed by atoms with van der Waals surface area (Å²) in [7, 11) is 1.38. The van der Waals surface area contributed by atoms with Gasteiger partial charge in [0.15, 0.2) is 6.10 Å². The van der Waals surface area contributed by atoms with Gasteiger partial charge in [-0.1, -0.05) is 159 Å². The van der Waals surface area contributed by atoms with Crippen molar-refractivity contribution in [2.24, 2.45) is 0 Å². The van der Waals surface area contributed by atoms with E-state index < -0.39 is 38.6 Å². The molecule has 11 heteroatoms. The van der Waals surface area contributed by atoms with Crippen LogP contribution in [0.15, 0.2) is 36.5 Å². The van der Waals surface area contributed by atoms with Crippen LogP contribution in [0.25, 0.3) is 0 Å². The maximum atomic E-state index is 12.7. The van der Waals surface area contributed by atoms with Crippen molar-refractivity contribution in [2.75, 3.05) is 47.5 Å². The first-order valence-corrected chi connectivity index (χ1v) is 23.3. The fraction of sp³-hybridized carbons (Fsp3) is 0.818. The largest absolute Gasteiger partial charge is 0.472 e. The molecule has 0 radical (unpaired) electrons. The maximum Gasteiger partial charge on any atom is 0.472 e. The van der Waals surface area contributed by atoms with Crippen LogP contribution in [0, 0.1) is 0 Å². The minimum atomic E-state index is -4.41. The number of quaternary nitrogens is 1. The minimum Gasteiger partial charge on any atom is -0.462 e. The fourth-order valence-electron chi connectivity index (χ4n) is 5.79. The Balaban J connectivity index is 4.54. The van der Waals surface area contributed by atoms with Gasteiger partial charge in [0.2, 0.25) is 0 Å². The fourth-order valence-corrected chi connectivity index (χ4v) is 6.53. The molecule has 2 N–H and O–H groups in total. The lowest BCUT2D eigenvalue weighted by molar-refractivity contribution is -0.870. The average molecular weight is 801 g/mol. The average Bonchev–Trinajstić information content (AvgIpc) is 3.12. The molecule has 0 aromatic carbocycles. The van der Waals surface area contributed by atoms with Crippen LogP contribution in [0.1, 0.15) is 174 Å².